The first-order valence-corrected chi connectivity index (χ1v) is 6.15. The average molecular weight is 227 g/mol. The van der Waals surface area contributed by atoms with E-state index in [4.69, 9.17) is 9.47 Å². The average Bonchev–Trinajstić information content (AvgIpc) is 3.03. The first-order valence-electron chi connectivity index (χ1n) is 6.15. The van der Waals surface area contributed by atoms with Gasteiger partial charge in [-0.05, 0) is 38.0 Å². The van der Waals surface area contributed by atoms with Crippen molar-refractivity contribution >= 4 is 5.97 Å². The summed E-state index contributed by atoms with van der Waals surface area (Å²) < 4.78 is 10.3. The van der Waals surface area contributed by atoms with Crippen LogP contribution < -0.4 is 5.32 Å². The minimum absolute atomic E-state index is 0.0993. The SMILES string of the molecule is COC(=O)C(NCC1CCOC1C)C1CC1. The topological polar surface area (TPSA) is 47.6 Å². The van der Waals surface area contributed by atoms with Gasteiger partial charge in [-0.25, -0.2) is 0 Å². The van der Waals surface area contributed by atoms with E-state index in [1.807, 2.05) is 0 Å². The molecule has 1 saturated heterocycles. The van der Waals surface area contributed by atoms with Crippen LogP contribution in [0.15, 0.2) is 0 Å². The summed E-state index contributed by atoms with van der Waals surface area (Å²) >= 11 is 0. The van der Waals surface area contributed by atoms with Crippen molar-refractivity contribution in [3.05, 3.63) is 0 Å². The summed E-state index contributed by atoms with van der Waals surface area (Å²) in [5.41, 5.74) is 0. The molecule has 2 fully saturated rings. The number of nitrogens with one attached hydrogen (secondary N) is 1. The zero-order chi connectivity index (χ0) is 11.5. The fourth-order valence-electron chi connectivity index (χ4n) is 2.32. The summed E-state index contributed by atoms with van der Waals surface area (Å²) in [4.78, 5) is 11.6. The Kier molecular flexibility index (Phi) is 3.82. The van der Waals surface area contributed by atoms with Crippen molar-refractivity contribution < 1.29 is 14.3 Å². The van der Waals surface area contributed by atoms with Gasteiger partial charge in [0.15, 0.2) is 0 Å². The number of hydrogen-bond donors (Lipinski definition) is 1. The molecule has 3 atom stereocenters. The standard InChI is InChI=1S/C12H21NO3/c1-8-10(5-6-16-8)7-13-11(9-3-4-9)12(14)15-2/h8-11,13H,3-7H2,1-2H3. The Hall–Kier alpha value is -0.610. The van der Waals surface area contributed by atoms with Gasteiger partial charge in [-0.2, -0.15) is 0 Å². The van der Waals surface area contributed by atoms with Crippen LogP contribution in [0.5, 0.6) is 0 Å². The fourth-order valence-corrected chi connectivity index (χ4v) is 2.32. The van der Waals surface area contributed by atoms with Gasteiger partial charge in [0.1, 0.15) is 6.04 Å². The van der Waals surface area contributed by atoms with Crippen molar-refractivity contribution in [2.24, 2.45) is 11.8 Å². The van der Waals surface area contributed by atoms with Gasteiger partial charge in [0, 0.05) is 13.2 Å². The van der Waals surface area contributed by atoms with Crippen molar-refractivity contribution in [1.29, 1.82) is 0 Å². The Morgan fingerprint density at radius 2 is 2.25 bits per heavy atom. The van der Waals surface area contributed by atoms with E-state index in [1.54, 1.807) is 0 Å². The minimum Gasteiger partial charge on any atom is -0.468 e. The summed E-state index contributed by atoms with van der Waals surface area (Å²) in [5.74, 6) is 0.907. The molecule has 4 heteroatoms. The van der Waals surface area contributed by atoms with Gasteiger partial charge < -0.3 is 14.8 Å². The van der Waals surface area contributed by atoms with Crippen LogP contribution in [0.25, 0.3) is 0 Å². The first kappa shape index (κ1) is 11.9. The Balaban J connectivity index is 1.79. The maximum Gasteiger partial charge on any atom is 0.323 e. The lowest BCUT2D eigenvalue weighted by Gasteiger charge is -2.20. The van der Waals surface area contributed by atoms with Crippen molar-refractivity contribution in [2.45, 2.75) is 38.3 Å². The molecule has 1 saturated carbocycles. The number of methoxy groups -OCH3 is 1. The molecule has 1 N–H and O–H groups in total. The molecule has 4 nitrogen and oxygen atoms in total. The molecule has 2 rings (SSSR count). The zero-order valence-corrected chi connectivity index (χ0v) is 10.1. The molecule has 2 aliphatic rings. The van der Waals surface area contributed by atoms with E-state index in [9.17, 15) is 4.79 Å². The number of esters is 1. The summed E-state index contributed by atoms with van der Waals surface area (Å²) in [5, 5.41) is 3.35. The second-order valence-electron chi connectivity index (χ2n) is 4.87. The first-order chi connectivity index (χ1) is 7.72. The molecule has 1 heterocycles. The molecular weight excluding hydrogens is 206 g/mol. The third-order valence-corrected chi connectivity index (χ3v) is 3.68. The highest BCUT2D eigenvalue weighted by atomic mass is 16.5. The number of hydrogen-bond acceptors (Lipinski definition) is 4. The highest BCUT2D eigenvalue weighted by Crippen LogP contribution is 2.33. The number of ether oxygens (including phenoxy) is 2. The van der Waals surface area contributed by atoms with Crippen molar-refractivity contribution in [1.82, 2.24) is 5.32 Å². The number of carbonyl (C=O) groups excluding carboxylic acids is 1. The van der Waals surface area contributed by atoms with Crippen molar-refractivity contribution in [3.8, 4) is 0 Å². The normalized spacial score (nSPS) is 31.4. The molecular formula is C12H21NO3. The maximum absolute atomic E-state index is 11.6. The van der Waals surface area contributed by atoms with Crippen LogP contribution in [0.1, 0.15) is 26.2 Å². The van der Waals surface area contributed by atoms with Crippen molar-refractivity contribution in [3.63, 3.8) is 0 Å². The zero-order valence-electron chi connectivity index (χ0n) is 10.1. The Morgan fingerprint density at radius 1 is 1.50 bits per heavy atom. The maximum atomic E-state index is 11.6. The second kappa shape index (κ2) is 5.15. The lowest BCUT2D eigenvalue weighted by atomic mass is 10.0. The predicted octanol–water partition coefficient (Wildman–Crippen LogP) is 0.953. The third-order valence-electron chi connectivity index (χ3n) is 3.68. The lowest BCUT2D eigenvalue weighted by Crippen LogP contribution is -2.42. The van der Waals surface area contributed by atoms with E-state index in [1.165, 1.54) is 7.11 Å². The molecule has 1 aliphatic carbocycles. The Morgan fingerprint density at radius 3 is 2.75 bits per heavy atom. The van der Waals surface area contributed by atoms with Gasteiger partial charge in [0.05, 0.1) is 13.2 Å². The molecule has 16 heavy (non-hydrogen) atoms. The molecule has 0 bridgehead atoms. The summed E-state index contributed by atoms with van der Waals surface area (Å²) in [6.45, 7) is 3.81. The van der Waals surface area contributed by atoms with Gasteiger partial charge >= 0.3 is 5.97 Å². The second-order valence-corrected chi connectivity index (χ2v) is 4.87. The molecule has 0 spiro atoms. The van der Waals surface area contributed by atoms with Crippen LogP contribution in [0.4, 0.5) is 0 Å². The summed E-state index contributed by atoms with van der Waals surface area (Å²) in [6.07, 6.45) is 3.68. The molecule has 92 valence electrons. The van der Waals surface area contributed by atoms with Crippen LogP contribution in [0.2, 0.25) is 0 Å². The molecule has 0 aromatic carbocycles. The highest BCUT2D eigenvalue weighted by Gasteiger charge is 2.37. The number of rotatable bonds is 5. The van der Waals surface area contributed by atoms with E-state index in [0.717, 1.165) is 32.4 Å². The van der Waals surface area contributed by atoms with Crippen LogP contribution in [-0.4, -0.2) is 38.4 Å². The predicted molar refractivity (Wildman–Crippen MR) is 60.1 cm³/mol. The molecule has 0 radical (unpaired) electrons. The Bertz CT molecular complexity index is 253. The van der Waals surface area contributed by atoms with E-state index >= 15 is 0 Å². The lowest BCUT2D eigenvalue weighted by molar-refractivity contribution is -0.143. The monoisotopic (exact) mass is 227 g/mol. The largest absolute Gasteiger partial charge is 0.468 e. The van der Waals surface area contributed by atoms with Crippen LogP contribution in [-0.2, 0) is 14.3 Å². The Labute approximate surface area is 96.7 Å². The van der Waals surface area contributed by atoms with Crippen LogP contribution in [0, 0.1) is 11.8 Å². The molecule has 0 aromatic rings. The van der Waals surface area contributed by atoms with E-state index in [2.05, 4.69) is 12.2 Å². The van der Waals surface area contributed by atoms with Crippen molar-refractivity contribution in [2.75, 3.05) is 20.3 Å². The van der Waals surface area contributed by atoms with Gasteiger partial charge in [-0.1, -0.05) is 0 Å². The molecule has 3 unspecified atom stereocenters. The van der Waals surface area contributed by atoms with E-state index in [0.29, 0.717) is 17.9 Å². The van der Waals surface area contributed by atoms with Gasteiger partial charge in [0.25, 0.3) is 0 Å². The van der Waals surface area contributed by atoms with Gasteiger partial charge in [-0.15, -0.1) is 0 Å². The quantitative estimate of drug-likeness (QED) is 0.710. The number of carbonyl (C=O) groups is 1. The third kappa shape index (κ3) is 2.74. The summed E-state index contributed by atoms with van der Waals surface area (Å²) in [6, 6.07) is -0.0993. The van der Waals surface area contributed by atoms with Gasteiger partial charge in [-0.3, -0.25) is 4.79 Å². The molecule has 0 amide bonds. The fraction of sp³-hybridized carbons (Fsp3) is 0.917. The van der Waals surface area contributed by atoms with E-state index in [-0.39, 0.29) is 12.0 Å². The van der Waals surface area contributed by atoms with Crippen LogP contribution in [0.3, 0.4) is 0 Å². The van der Waals surface area contributed by atoms with Gasteiger partial charge in [0.2, 0.25) is 0 Å². The smallest absolute Gasteiger partial charge is 0.323 e. The van der Waals surface area contributed by atoms with Crippen LogP contribution >= 0.6 is 0 Å². The summed E-state index contributed by atoms with van der Waals surface area (Å²) in [7, 11) is 1.46. The minimum atomic E-state index is -0.117. The molecule has 1 aliphatic heterocycles. The molecule has 0 aromatic heterocycles. The van der Waals surface area contributed by atoms with E-state index < -0.39 is 0 Å². The highest BCUT2D eigenvalue weighted by molar-refractivity contribution is 5.76.